The van der Waals surface area contributed by atoms with Gasteiger partial charge < -0.3 is 10.3 Å². The molecule has 0 spiro atoms. The number of hydrogen-bond donors (Lipinski definition) is 1. The lowest BCUT2D eigenvalue weighted by atomic mass is 10.1. The third kappa shape index (κ3) is 2.30. The summed E-state index contributed by atoms with van der Waals surface area (Å²) in [6.07, 6.45) is 2.61. The van der Waals surface area contributed by atoms with E-state index < -0.39 is 0 Å². The lowest BCUT2D eigenvalue weighted by Gasteiger charge is -2.11. The molecule has 3 nitrogen and oxygen atoms in total. The molecule has 1 aromatic carbocycles. The molecule has 0 saturated carbocycles. The first kappa shape index (κ1) is 12.4. The maximum absolute atomic E-state index is 12.1. The highest BCUT2D eigenvalue weighted by molar-refractivity contribution is 5.44. The average Bonchev–Trinajstić information content (AvgIpc) is 2.38. The third-order valence-corrected chi connectivity index (χ3v) is 3.28. The molecule has 3 heteroatoms. The van der Waals surface area contributed by atoms with Crippen LogP contribution < -0.4 is 11.3 Å². The number of benzene rings is 1. The number of nitrogens with zero attached hydrogens (tertiary/aromatic N) is 1. The maximum atomic E-state index is 12.1. The number of nitrogens with two attached hydrogens (primary N) is 1. The molecule has 0 aliphatic rings. The molecule has 0 atom stereocenters. The summed E-state index contributed by atoms with van der Waals surface area (Å²) in [5.74, 6) is 0. The summed E-state index contributed by atoms with van der Waals surface area (Å²) in [6.45, 7) is 4.61. The molecule has 0 aliphatic heterocycles. The molecule has 2 aromatic rings. The Morgan fingerprint density at radius 2 is 1.89 bits per heavy atom. The van der Waals surface area contributed by atoms with Gasteiger partial charge in [0.15, 0.2) is 0 Å². The first-order valence-electron chi connectivity index (χ1n) is 6.15. The molecular weight excluding hydrogens is 224 g/mol. The van der Waals surface area contributed by atoms with Crippen LogP contribution in [-0.4, -0.2) is 4.57 Å². The Hall–Kier alpha value is -2.03. The fourth-order valence-electron chi connectivity index (χ4n) is 2.03. The van der Waals surface area contributed by atoms with Crippen molar-refractivity contribution in [2.75, 3.05) is 5.73 Å². The molecule has 0 fully saturated rings. The van der Waals surface area contributed by atoms with Gasteiger partial charge in [0.25, 0.3) is 5.56 Å². The zero-order valence-electron chi connectivity index (χ0n) is 10.8. The zero-order chi connectivity index (χ0) is 13.1. The van der Waals surface area contributed by atoms with E-state index in [1.165, 1.54) is 5.56 Å². The summed E-state index contributed by atoms with van der Waals surface area (Å²) in [4.78, 5) is 12.1. The summed E-state index contributed by atoms with van der Waals surface area (Å²) < 4.78 is 1.66. The fraction of sp³-hybridized carbons (Fsp3) is 0.267. The van der Waals surface area contributed by atoms with E-state index in [0.29, 0.717) is 12.2 Å². The lowest BCUT2D eigenvalue weighted by molar-refractivity contribution is 0.754. The number of nitrogen functional groups attached to an aromatic ring is 1. The van der Waals surface area contributed by atoms with Crippen molar-refractivity contribution in [3.05, 3.63) is 63.6 Å². The summed E-state index contributed by atoms with van der Waals surface area (Å²) in [5.41, 5.74) is 9.36. The molecule has 1 aromatic heterocycles. The van der Waals surface area contributed by atoms with Gasteiger partial charge in [-0.15, -0.1) is 0 Å². The molecule has 0 saturated heterocycles. The molecule has 18 heavy (non-hydrogen) atoms. The molecular formula is C15H18N2O. The number of aryl methyl sites for hydroxylation is 2. The quantitative estimate of drug-likeness (QED) is 0.898. The molecule has 94 valence electrons. The molecule has 0 bridgehead atoms. The summed E-state index contributed by atoms with van der Waals surface area (Å²) in [5, 5.41) is 0. The lowest BCUT2D eigenvalue weighted by Crippen LogP contribution is -2.24. The Labute approximate surface area is 107 Å². The number of pyridine rings is 1. The van der Waals surface area contributed by atoms with Crippen molar-refractivity contribution in [3.63, 3.8) is 0 Å². The number of aromatic nitrogens is 1. The van der Waals surface area contributed by atoms with Gasteiger partial charge in [-0.3, -0.25) is 4.79 Å². The standard InChI is InChI=1S/C15H18N2O/c1-3-12-8-9-17(15(18)14(12)16)10-13-7-5-4-6-11(13)2/h4-9H,3,10,16H2,1-2H3. The van der Waals surface area contributed by atoms with Crippen LogP contribution in [0.4, 0.5) is 5.69 Å². The van der Waals surface area contributed by atoms with E-state index in [1.807, 2.05) is 50.4 Å². The number of anilines is 1. The largest absolute Gasteiger partial charge is 0.394 e. The Kier molecular flexibility index (Phi) is 3.51. The second kappa shape index (κ2) is 5.08. The Bertz CT molecular complexity index is 614. The van der Waals surface area contributed by atoms with Crippen LogP contribution in [0.3, 0.4) is 0 Å². The average molecular weight is 242 g/mol. The highest BCUT2D eigenvalue weighted by Gasteiger charge is 2.06. The highest BCUT2D eigenvalue weighted by Crippen LogP contribution is 2.10. The minimum Gasteiger partial charge on any atom is -0.394 e. The predicted molar refractivity (Wildman–Crippen MR) is 74.8 cm³/mol. The van der Waals surface area contributed by atoms with E-state index in [0.717, 1.165) is 17.5 Å². The van der Waals surface area contributed by atoms with Crippen molar-refractivity contribution in [2.24, 2.45) is 0 Å². The van der Waals surface area contributed by atoms with E-state index in [2.05, 4.69) is 0 Å². The maximum Gasteiger partial charge on any atom is 0.274 e. The monoisotopic (exact) mass is 242 g/mol. The van der Waals surface area contributed by atoms with Crippen molar-refractivity contribution in [3.8, 4) is 0 Å². The zero-order valence-corrected chi connectivity index (χ0v) is 10.8. The molecule has 2 rings (SSSR count). The van der Waals surface area contributed by atoms with Crippen LogP contribution in [0.25, 0.3) is 0 Å². The van der Waals surface area contributed by atoms with Gasteiger partial charge in [0.1, 0.15) is 5.69 Å². The van der Waals surface area contributed by atoms with Crippen molar-refractivity contribution in [1.82, 2.24) is 4.57 Å². The Balaban J connectivity index is 2.40. The van der Waals surface area contributed by atoms with E-state index >= 15 is 0 Å². The molecule has 0 unspecified atom stereocenters. The van der Waals surface area contributed by atoms with Gasteiger partial charge in [-0.1, -0.05) is 31.2 Å². The third-order valence-electron chi connectivity index (χ3n) is 3.28. The minimum absolute atomic E-state index is 0.0994. The molecule has 2 N–H and O–H groups in total. The summed E-state index contributed by atoms with van der Waals surface area (Å²) in [6, 6.07) is 9.98. The van der Waals surface area contributed by atoms with E-state index in [4.69, 9.17) is 5.73 Å². The van der Waals surface area contributed by atoms with Gasteiger partial charge >= 0.3 is 0 Å². The highest BCUT2D eigenvalue weighted by atomic mass is 16.1. The SMILES string of the molecule is CCc1ccn(Cc2ccccc2C)c(=O)c1N. The first-order chi connectivity index (χ1) is 8.63. The van der Waals surface area contributed by atoms with Gasteiger partial charge in [-0.05, 0) is 36.1 Å². The molecule has 0 amide bonds. The second-order valence-corrected chi connectivity index (χ2v) is 4.47. The van der Waals surface area contributed by atoms with Crippen LogP contribution in [0.5, 0.6) is 0 Å². The first-order valence-corrected chi connectivity index (χ1v) is 6.15. The normalized spacial score (nSPS) is 10.6. The smallest absolute Gasteiger partial charge is 0.274 e. The van der Waals surface area contributed by atoms with Gasteiger partial charge in [-0.25, -0.2) is 0 Å². The predicted octanol–water partition coefficient (Wildman–Crippen LogP) is 2.35. The van der Waals surface area contributed by atoms with E-state index in [-0.39, 0.29) is 5.56 Å². The van der Waals surface area contributed by atoms with Crippen LogP contribution in [0, 0.1) is 6.92 Å². The van der Waals surface area contributed by atoms with Crippen molar-refractivity contribution in [2.45, 2.75) is 26.8 Å². The van der Waals surface area contributed by atoms with Crippen molar-refractivity contribution < 1.29 is 0 Å². The molecule has 1 heterocycles. The van der Waals surface area contributed by atoms with Gasteiger partial charge in [0.05, 0.1) is 6.54 Å². The van der Waals surface area contributed by atoms with Gasteiger partial charge in [0.2, 0.25) is 0 Å². The van der Waals surface area contributed by atoms with Gasteiger partial charge in [-0.2, -0.15) is 0 Å². The van der Waals surface area contributed by atoms with Crippen LogP contribution in [0.15, 0.2) is 41.3 Å². The van der Waals surface area contributed by atoms with Crippen molar-refractivity contribution in [1.29, 1.82) is 0 Å². The number of hydrogen-bond acceptors (Lipinski definition) is 2. The fourth-order valence-corrected chi connectivity index (χ4v) is 2.03. The minimum atomic E-state index is -0.0994. The van der Waals surface area contributed by atoms with Crippen LogP contribution >= 0.6 is 0 Å². The van der Waals surface area contributed by atoms with Crippen LogP contribution in [0.2, 0.25) is 0 Å². The molecule has 0 aliphatic carbocycles. The Morgan fingerprint density at radius 1 is 1.17 bits per heavy atom. The van der Waals surface area contributed by atoms with E-state index in [1.54, 1.807) is 4.57 Å². The van der Waals surface area contributed by atoms with Gasteiger partial charge in [0, 0.05) is 6.20 Å². The summed E-state index contributed by atoms with van der Waals surface area (Å²) in [7, 11) is 0. The van der Waals surface area contributed by atoms with Crippen LogP contribution in [0.1, 0.15) is 23.6 Å². The van der Waals surface area contributed by atoms with E-state index in [9.17, 15) is 4.79 Å². The van der Waals surface area contributed by atoms with Crippen molar-refractivity contribution >= 4 is 5.69 Å². The topological polar surface area (TPSA) is 48.0 Å². The molecule has 0 radical (unpaired) electrons. The van der Waals surface area contributed by atoms with Crippen LogP contribution in [-0.2, 0) is 13.0 Å². The second-order valence-electron chi connectivity index (χ2n) is 4.47. The Morgan fingerprint density at radius 3 is 2.56 bits per heavy atom. The summed E-state index contributed by atoms with van der Waals surface area (Å²) >= 11 is 0. The number of rotatable bonds is 3.